The van der Waals surface area contributed by atoms with Crippen LogP contribution in [0.3, 0.4) is 0 Å². The highest BCUT2D eigenvalue weighted by Crippen LogP contribution is 2.44. The first-order chi connectivity index (χ1) is 11.3. The van der Waals surface area contributed by atoms with Crippen molar-refractivity contribution in [2.75, 3.05) is 0 Å². The summed E-state index contributed by atoms with van der Waals surface area (Å²) in [6.45, 7) is 0. The maximum atomic E-state index is 9.53. The number of rotatable bonds is 1. The highest BCUT2D eigenvalue weighted by atomic mass is 16.5. The maximum Gasteiger partial charge on any atom is 0.205 e. The minimum absolute atomic E-state index is 0.0491. The summed E-state index contributed by atoms with van der Waals surface area (Å²) in [4.78, 5) is 8.54. The van der Waals surface area contributed by atoms with Gasteiger partial charge >= 0.3 is 0 Å². The Hall–Kier alpha value is -3.26. The van der Waals surface area contributed by atoms with E-state index in [1.54, 1.807) is 18.6 Å². The van der Waals surface area contributed by atoms with Gasteiger partial charge in [0.25, 0.3) is 0 Å². The zero-order valence-corrected chi connectivity index (χ0v) is 12.1. The summed E-state index contributed by atoms with van der Waals surface area (Å²) in [5, 5.41) is 18.6. The van der Waals surface area contributed by atoms with Gasteiger partial charge in [-0.3, -0.25) is 15.4 Å². The van der Waals surface area contributed by atoms with Crippen LogP contribution in [-0.4, -0.2) is 15.9 Å². The SMILES string of the molecule is N#CC1C(=N)Oc2c(ccc3cccnc23)C1c1cccnc1. The predicted molar refractivity (Wildman–Crippen MR) is 85.3 cm³/mol. The molecule has 5 nitrogen and oxygen atoms in total. The number of hydrogen-bond donors (Lipinski definition) is 1. The number of nitrogens with zero attached hydrogens (tertiary/aromatic N) is 3. The van der Waals surface area contributed by atoms with E-state index in [9.17, 15) is 5.26 Å². The molecule has 2 unspecified atom stereocenters. The lowest BCUT2D eigenvalue weighted by Gasteiger charge is -2.30. The summed E-state index contributed by atoms with van der Waals surface area (Å²) < 4.78 is 5.68. The molecule has 4 rings (SSSR count). The third-order valence-electron chi connectivity index (χ3n) is 4.10. The first-order valence-electron chi connectivity index (χ1n) is 7.23. The van der Waals surface area contributed by atoms with E-state index in [0.717, 1.165) is 16.5 Å². The highest BCUT2D eigenvalue weighted by Gasteiger charge is 2.37. The Morgan fingerprint density at radius 2 is 2.00 bits per heavy atom. The standard InChI is InChI=1S/C18H12N4O/c19-9-14-15(12-4-1-7-21-10-12)13-6-5-11-3-2-8-22-16(11)17(13)23-18(14)20/h1-8,10,14-15,20H. The number of ether oxygens (including phenoxy) is 1. The third-order valence-corrected chi connectivity index (χ3v) is 4.10. The Balaban J connectivity index is 2.01. The zero-order chi connectivity index (χ0) is 15.8. The molecule has 1 N–H and O–H groups in total. The topological polar surface area (TPSA) is 82.7 Å². The van der Waals surface area contributed by atoms with Gasteiger partial charge in [-0.15, -0.1) is 0 Å². The third kappa shape index (κ3) is 2.04. The number of hydrogen-bond acceptors (Lipinski definition) is 5. The van der Waals surface area contributed by atoms with Gasteiger partial charge in [0, 0.05) is 35.5 Å². The summed E-state index contributed by atoms with van der Waals surface area (Å²) in [7, 11) is 0. The lowest BCUT2D eigenvalue weighted by Crippen LogP contribution is -2.31. The number of pyridine rings is 2. The number of fused-ring (bicyclic) bond motifs is 3. The van der Waals surface area contributed by atoms with Crippen LogP contribution in [0.25, 0.3) is 10.9 Å². The average Bonchev–Trinajstić information content (AvgIpc) is 2.61. The lowest BCUT2D eigenvalue weighted by molar-refractivity contribution is 0.454. The Bertz CT molecular complexity index is 946. The van der Waals surface area contributed by atoms with Crippen molar-refractivity contribution in [3.63, 3.8) is 0 Å². The molecule has 3 aromatic rings. The molecule has 3 heterocycles. The van der Waals surface area contributed by atoms with Crippen molar-refractivity contribution in [1.82, 2.24) is 9.97 Å². The van der Waals surface area contributed by atoms with E-state index in [4.69, 9.17) is 10.1 Å². The fraction of sp³-hybridized carbons (Fsp3) is 0.111. The highest BCUT2D eigenvalue weighted by molar-refractivity contribution is 5.93. The molecule has 2 atom stereocenters. The van der Waals surface area contributed by atoms with E-state index in [1.807, 2.05) is 36.4 Å². The molecule has 0 amide bonds. The lowest BCUT2D eigenvalue weighted by atomic mass is 9.79. The average molecular weight is 300 g/mol. The van der Waals surface area contributed by atoms with Crippen molar-refractivity contribution in [2.45, 2.75) is 5.92 Å². The summed E-state index contributed by atoms with van der Waals surface area (Å²) in [6.07, 6.45) is 5.13. The van der Waals surface area contributed by atoms with Crippen LogP contribution in [0.1, 0.15) is 17.0 Å². The molecule has 1 aliphatic rings. The van der Waals surface area contributed by atoms with E-state index >= 15 is 0 Å². The van der Waals surface area contributed by atoms with Crippen LogP contribution < -0.4 is 4.74 Å². The zero-order valence-electron chi connectivity index (χ0n) is 12.1. The van der Waals surface area contributed by atoms with Crippen molar-refractivity contribution in [2.24, 2.45) is 5.92 Å². The van der Waals surface area contributed by atoms with Gasteiger partial charge in [0.2, 0.25) is 5.90 Å². The molecule has 23 heavy (non-hydrogen) atoms. The maximum absolute atomic E-state index is 9.53. The second-order valence-electron chi connectivity index (χ2n) is 5.40. The van der Waals surface area contributed by atoms with Gasteiger partial charge in [-0.25, -0.2) is 0 Å². The van der Waals surface area contributed by atoms with Gasteiger partial charge in [0.15, 0.2) is 5.75 Å². The van der Waals surface area contributed by atoms with E-state index < -0.39 is 5.92 Å². The van der Waals surface area contributed by atoms with E-state index in [1.165, 1.54) is 0 Å². The molecule has 2 aromatic heterocycles. The van der Waals surface area contributed by atoms with Gasteiger partial charge in [-0.05, 0) is 17.7 Å². The fourth-order valence-corrected chi connectivity index (χ4v) is 3.06. The normalized spacial score (nSPS) is 19.7. The number of nitrogens with one attached hydrogen (secondary N) is 1. The molecule has 1 aromatic carbocycles. The number of nitriles is 1. The molecular formula is C18H12N4O. The first-order valence-corrected chi connectivity index (χ1v) is 7.23. The Morgan fingerprint density at radius 1 is 1.13 bits per heavy atom. The van der Waals surface area contributed by atoms with Gasteiger partial charge in [-0.2, -0.15) is 5.26 Å². The predicted octanol–water partition coefficient (Wildman–Crippen LogP) is 3.27. The minimum Gasteiger partial charge on any atom is -0.440 e. The second kappa shape index (κ2) is 5.18. The quantitative estimate of drug-likeness (QED) is 0.747. The fourth-order valence-electron chi connectivity index (χ4n) is 3.06. The largest absolute Gasteiger partial charge is 0.440 e. The second-order valence-corrected chi connectivity index (χ2v) is 5.40. The first kappa shape index (κ1) is 13.4. The van der Waals surface area contributed by atoms with Gasteiger partial charge in [0.1, 0.15) is 11.4 Å². The van der Waals surface area contributed by atoms with Crippen molar-refractivity contribution in [3.8, 4) is 11.8 Å². The van der Waals surface area contributed by atoms with Crippen molar-refractivity contribution < 1.29 is 4.74 Å². The Morgan fingerprint density at radius 3 is 2.78 bits per heavy atom. The van der Waals surface area contributed by atoms with E-state index in [-0.39, 0.29) is 11.8 Å². The molecule has 110 valence electrons. The van der Waals surface area contributed by atoms with Crippen LogP contribution in [0.5, 0.6) is 5.75 Å². The summed E-state index contributed by atoms with van der Waals surface area (Å²) in [5.41, 5.74) is 2.47. The summed E-state index contributed by atoms with van der Waals surface area (Å²) >= 11 is 0. The summed E-state index contributed by atoms with van der Waals surface area (Å²) in [6, 6.07) is 13.7. The smallest absolute Gasteiger partial charge is 0.205 e. The van der Waals surface area contributed by atoms with Crippen LogP contribution in [-0.2, 0) is 0 Å². The Kier molecular flexibility index (Phi) is 3.02. The molecule has 1 aliphatic heterocycles. The molecule has 0 radical (unpaired) electrons. The van der Waals surface area contributed by atoms with Gasteiger partial charge < -0.3 is 4.74 Å². The Labute approximate surface area is 132 Å². The molecule has 0 spiro atoms. The minimum atomic E-state index is -0.673. The number of benzene rings is 1. The van der Waals surface area contributed by atoms with Crippen molar-refractivity contribution in [1.29, 1.82) is 10.7 Å². The van der Waals surface area contributed by atoms with Gasteiger partial charge in [-0.1, -0.05) is 24.3 Å². The molecule has 5 heteroatoms. The van der Waals surface area contributed by atoms with Crippen LogP contribution >= 0.6 is 0 Å². The van der Waals surface area contributed by atoms with Crippen LogP contribution in [0.2, 0.25) is 0 Å². The number of aromatic nitrogens is 2. The van der Waals surface area contributed by atoms with E-state index in [0.29, 0.717) is 11.3 Å². The van der Waals surface area contributed by atoms with Crippen molar-refractivity contribution >= 4 is 16.8 Å². The molecule has 0 saturated carbocycles. The van der Waals surface area contributed by atoms with Crippen LogP contribution in [0.4, 0.5) is 0 Å². The molecule has 0 saturated heterocycles. The summed E-state index contributed by atoms with van der Waals surface area (Å²) in [5.74, 6) is -0.440. The van der Waals surface area contributed by atoms with E-state index in [2.05, 4.69) is 16.0 Å². The molecular weight excluding hydrogens is 288 g/mol. The van der Waals surface area contributed by atoms with Crippen molar-refractivity contribution in [3.05, 3.63) is 66.1 Å². The molecule has 0 aliphatic carbocycles. The molecule has 0 bridgehead atoms. The monoisotopic (exact) mass is 300 g/mol. The van der Waals surface area contributed by atoms with Crippen LogP contribution in [0, 0.1) is 22.7 Å². The van der Waals surface area contributed by atoms with Gasteiger partial charge in [0.05, 0.1) is 6.07 Å². The molecule has 0 fully saturated rings. The van der Waals surface area contributed by atoms with Crippen LogP contribution in [0.15, 0.2) is 55.0 Å².